The zero-order valence-corrected chi connectivity index (χ0v) is 10.1. The Morgan fingerprint density at radius 1 is 1.12 bits per heavy atom. The molecule has 0 aliphatic carbocycles. The molecule has 2 rings (SSSR count). The number of aryl methyl sites for hydroxylation is 1. The molecule has 84 valence electrons. The normalized spacial score (nSPS) is 11.2. The van der Waals surface area contributed by atoms with Gasteiger partial charge < -0.3 is 0 Å². The molecule has 0 atom stereocenters. The first kappa shape index (κ1) is 11.1. The number of rotatable bonds is 4. The largest absolute Gasteiger partial charge is 0.256 e. The van der Waals surface area contributed by atoms with Gasteiger partial charge in [-0.05, 0) is 36.5 Å². The Morgan fingerprint density at radius 2 is 2.00 bits per heavy atom. The van der Waals surface area contributed by atoms with Gasteiger partial charge in [-0.3, -0.25) is 4.98 Å². The highest BCUT2D eigenvalue weighted by molar-refractivity contribution is 5.81. The molecule has 1 heterocycles. The molecule has 16 heavy (non-hydrogen) atoms. The van der Waals surface area contributed by atoms with Gasteiger partial charge in [-0.1, -0.05) is 38.5 Å². The van der Waals surface area contributed by atoms with Crippen molar-refractivity contribution in [2.75, 3.05) is 0 Å². The fourth-order valence-electron chi connectivity index (χ4n) is 2.09. The van der Waals surface area contributed by atoms with E-state index >= 15 is 0 Å². The second-order valence-corrected chi connectivity index (χ2v) is 4.77. The highest BCUT2D eigenvalue weighted by atomic mass is 14.6. The molecule has 1 nitrogen and oxygen atoms in total. The Hall–Kier alpha value is -1.37. The monoisotopic (exact) mass is 213 g/mol. The molecule has 0 aliphatic heterocycles. The minimum absolute atomic E-state index is 0.799. The molecule has 0 spiro atoms. The van der Waals surface area contributed by atoms with Crippen molar-refractivity contribution in [2.24, 2.45) is 5.92 Å². The first-order valence-corrected chi connectivity index (χ1v) is 6.10. The molecule has 0 saturated carbocycles. The predicted molar refractivity (Wildman–Crippen MR) is 69.5 cm³/mol. The van der Waals surface area contributed by atoms with Crippen LogP contribution in [0.1, 0.15) is 32.3 Å². The highest BCUT2D eigenvalue weighted by Crippen LogP contribution is 2.19. The summed E-state index contributed by atoms with van der Waals surface area (Å²) in [5, 5.41) is 1.31. The van der Waals surface area contributed by atoms with Crippen molar-refractivity contribution in [2.45, 2.75) is 33.1 Å². The van der Waals surface area contributed by atoms with Crippen LogP contribution in [0, 0.1) is 5.92 Å². The third-order valence-electron chi connectivity index (χ3n) is 2.96. The minimum Gasteiger partial charge on any atom is -0.256 e. The molecular weight excluding hydrogens is 194 g/mol. The lowest BCUT2D eigenvalue weighted by Crippen LogP contribution is -1.92. The Labute approximate surface area is 97.5 Å². The smallest absolute Gasteiger partial charge is 0.0704 e. The van der Waals surface area contributed by atoms with Gasteiger partial charge in [0.1, 0.15) is 0 Å². The maximum absolute atomic E-state index is 4.39. The molecule has 2 aromatic rings. The van der Waals surface area contributed by atoms with E-state index in [-0.39, 0.29) is 0 Å². The van der Waals surface area contributed by atoms with Crippen molar-refractivity contribution >= 4 is 10.9 Å². The molecule has 0 aliphatic rings. The van der Waals surface area contributed by atoms with Crippen LogP contribution < -0.4 is 0 Å². The highest BCUT2D eigenvalue weighted by Gasteiger charge is 2.01. The second kappa shape index (κ2) is 5.11. The summed E-state index contributed by atoms with van der Waals surface area (Å²) in [4.78, 5) is 4.39. The maximum atomic E-state index is 4.39. The Bertz CT molecular complexity index is 454. The number of hydrogen-bond acceptors (Lipinski definition) is 1. The van der Waals surface area contributed by atoms with Crippen molar-refractivity contribution in [3.05, 3.63) is 42.1 Å². The third-order valence-corrected chi connectivity index (χ3v) is 2.96. The number of aromatic nitrogens is 1. The minimum atomic E-state index is 0.799. The molecule has 0 unspecified atom stereocenters. The SMILES string of the molecule is CC(C)CCCc1cccc2ncccc12. The standard InChI is InChI=1S/C15H19N/c1-12(2)6-3-7-13-8-4-10-15-14(13)9-5-11-16-15/h4-5,8-12H,3,6-7H2,1-2H3. The average molecular weight is 213 g/mol. The number of hydrogen-bond donors (Lipinski definition) is 0. The van der Waals surface area contributed by atoms with E-state index in [9.17, 15) is 0 Å². The van der Waals surface area contributed by atoms with E-state index < -0.39 is 0 Å². The van der Waals surface area contributed by atoms with Crippen molar-refractivity contribution in [1.29, 1.82) is 0 Å². The first-order chi connectivity index (χ1) is 7.77. The zero-order valence-electron chi connectivity index (χ0n) is 10.1. The van der Waals surface area contributed by atoms with Crippen molar-refractivity contribution in [3.63, 3.8) is 0 Å². The molecule has 0 radical (unpaired) electrons. The van der Waals surface area contributed by atoms with Crippen molar-refractivity contribution < 1.29 is 0 Å². The molecule has 0 saturated heterocycles. The van der Waals surface area contributed by atoms with Crippen LogP contribution in [0.4, 0.5) is 0 Å². The van der Waals surface area contributed by atoms with E-state index in [0.29, 0.717) is 0 Å². The predicted octanol–water partition coefficient (Wildman–Crippen LogP) is 4.21. The van der Waals surface area contributed by atoms with Gasteiger partial charge in [-0.15, -0.1) is 0 Å². The van der Waals surface area contributed by atoms with Gasteiger partial charge >= 0.3 is 0 Å². The van der Waals surface area contributed by atoms with Gasteiger partial charge in [-0.2, -0.15) is 0 Å². The van der Waals surface area contributed by atoms with Crippen LogP contribution in [0.15, 0.2) is 36.5 Å². The molecule has 1 heteroatoms. The molecule has 1 aromatic heterocycles. The van der Waals surface area contributed by atoms with Gasteiger partial charge in [0, 0.05) is 11.6 Å². The topological polar surface area (TPSA) is 12.9 Å². The number of pyridine rings is 1. The lowest BCUT2D eigenvalue weighted by molar-refractivity contribution is 0.556. The van der Waals surface area contributed by atoms with Gasteiger partial charge in [-0.25, -0.2) is 0 Å². The van der Waals surface area contributed by atoms with E-state index in [1.54, 1.807) is 0 Å². The van der Waals surface area contributed by atoms with Gasteiger partial charge in [0.05, 0.1) is 5.52 Å². The fraction of sp³-hybridized carbons (Fsp3) is 0.400. The molecular formula is C15H19N. The van der Waals surface area contributed by atoms with E-state index in [1.165, 1.54) is 30.2 Å². The number of nitrogens with zero attached hydrogens (tertiary/aromatic N) is 1. The second-order valence-electron chi connectivity index (χ2n) is 4.77. The fourth-order valence-corrected chi connectivity index (χ4v) is 2.09. The van der Waals surface area contributed by atoms with Crippen molar-refractivity contribution in [1.82, 2.24) is 4.98 Å². The number of fused-ring (bicyclic) bond motifs is 1. The van der Waals surface area contributed by atoms with E-state index in [0.717, 1.165) is 11.4 Å². The lowest BCUT2D eigenvalue weighted by Gasteiger charge is -2.07. The molecule has 0 amide bonds. The summed E-state index contributed by atoms with van der Waals surface area (Å²) in [6, 6.07) is 10.6. The summed E-state index contributed by atoms with van der Waals surface area (Å²) in [7, 11) is 0. The van der Waals surface area contributed by atoms with Gasteiger partial charge in [0.25, 0.3) is 0 Å². The van der Waals surface area contributed by atoms with Crippen molar-refractivity contribution in [3.8, 4) is 0 Å². The lowest BCUT2D eigenvalue weighted by atomic mass is 9.99. The summed E-state index contributed by atoms with van der Waals surface area (Å²) >= 11 is 0. The first-order valence-electron chi connectivity index (χ1n) is 6.10. The van der Waals surface area contributed by atoms with E-state index in [4.69, 9.17) is 0 Å². The zero-order chi connectivity index (χ0) is 11.4. The van der Waals surface area contributed by atoms with Crippen LogP contribution in [-0.2, 0) is 6.42 Å². The summed E-state index contributed by atoms with van der Waals surface area (Å²) < 4.78 is 0. The summed E-state index contributed by atoms with van der Waals surface area (Å²) in [6.45, 7) is 4.56. The molecule has 0 fully saturated rings. The quantitative estimate of drug-likeness (QED) is 0.741. The average Bonchev–Trinajstić information content (AvgIpc) is 2.29. The van der Waals surface area contributed by atoms with E-state index in [1.807, 2.05) is 12.3 Å². The van der Waals surface area contributed by atoms with Crippen LogP contribution in [0.2, 0.25) is 0 Å². The van der Waals surface area contributed by atoms with Crippen LogP contribution in [0.5, 0.6) is 0 Å². The van der Waals surface area contributed by atoms with Crippen LogP contribution in [0.3, 0.4) is 0 Å². The van der Waals surface area contributed by atoms with Crippen LogP contribution in [-0.4, -0.2) is 4.98 Å². The number of benzene rings is 1. The summed E-state index contributed by atoms with van der Waals surface area (Å²) in [6.07, 6.45) is 5.60. The van der Waals surface area contributed by atoms with Gasteiger partial charge in [0.2, 0.25) is 0 Å². The Kier molecular flexibility index (Phi) is 3.55. The molecule has 0 bridgehead atoms. The van der Waals surface area contributed by atoms with Crippen LogP contribution >= 0.6 is 0 Å². The van der Waals surface area contributed by atoms with E-state index in [2.05, 4.69) is 43.1 Å². The Morgan fingerprint density at radius 3 is 2.81 bits per heavy atom. The maximum Gasteiger partial charge on any atom is 0.0704 e. The summed E-state index contributed by atoms with van der Waals surface area (Å²) in [5.74, 6) is 0.799. The Balaban J connectivity index is 2.17. The third kappa shape index (κ3) is 2.60. The van der Waals surface area contributed by atoms with Gasteiger partial charge in [0.15, 0.2) is 0 Å². The molecule has 0 N–H and O–H groups in total. The van der Waals surface area contributed by atoms with Crippen LogP contribution in [0.25, 0.3) is 10.9 Å². The summed E-state index contributed by atoms with van der Waals surface area (Å²) in [5.41, 5.74) is 2.55. The molecule has 1 aromatic carbocycles.